The van der Waals surface area contributed by atoms with Crippen molar-refractivity contribution in [2.75, 3.05) is 5.32 Å². The molecule has 0 saturated heterocycles. The van der Waals surface area contributed by atoms with Crippen molar-refractivity contribution in [2.45, 2.75) is 13.3 Å². The second-order valence-electron chi connectivity index (χ2n) is 5.16. The number of anilines is 1. The van der Waals surface area contributed by atoms with Crippen molar-refractivity contribution >= 4 is 63.2 Å². The maximum atomic E-state index is 11.4. The van der Waals surface area contributed by atoms with Crippen LogP contribution >= 0.6 is 35.4 Å². The Morgan fingerprint density at radius 3 is 2.84 bits per heavy atom. The van der Waals surface area contributed by atoms with Crippen LogP contribution in [0.3, 0.4) is 0 Å². The summed E-state index contributed by atoms with van der Waals surface area (Å²) >= 11 is 17.3. The Bertz CT molecular complexity index is 972. The lowest BCUT2D eigenvalue weighted by molar-refractivity contribution is -0.119. The molecule has 3 aromatic rings. The van der Waals surface area contributed by atoms with E-state index in [0.717, 1.165) is 0 Å². The van der Waals surface area contributed by atoms with Crippen molar-refractivity contribution in [2.24, 2.45) is 0 Å². The number of fused-ring (bicyclic) bond motifs is 1. The normalized spacial score (nSPS) is 10.7. The van der Waals surface area contributed by atoms with Gasteiger partial charge in [-0.25, -0.2) is 4.98 Å². The quantitative estimate of drug-likeness (QED) is 0.611. The molecule has 3 rings (SSSR count). The largest absolute Gasteiger partial charge is 0.436 e. The van der Waals surface area contributed by atoms with E-state index >= 15 is 0 Å². The second-order valence-corrected chi connectivity index (χ2v) is 6.35. The zero-order chi connectivity index (χ0) is 18.0. The van der Waals surface area contributed by atoms with Crippen LogP contribution in [-0.2, 0) is 4.79 Å². The van der Waals surface area contributed by atoms with Gasteiger partial charge >= 0.3 is 0 Å². The lowest BCUT2D eigenvalue weighted by Gasteiger charge is -2.08. The van der Waals surface area contributed by atoms with E-state index in [9.17, 15) is 4.79 Å². The zero-order valence-electron chi connectivity index (χ0n) is 13.1. The Labute approximate surface area is 159 Å². The van der Waals surface area contributed by atoms with Crippen LogP contribution < -0.4 is 10.6 Å². The lowest BCUT2D eigenvalue weighted by atomic mass is 10.2. The molecule has 128 valence electrons. The topological polar surface area (TPSA) is 67.2 Å². The van der Waals surface area contributed by atoms with Crippen LogP contribution in [0.4, 0.5) is 5.69 Å². The number of hydrogen-bond acceptors (Lipinski definition) is 4. The van der Waals surface area contributed by atoms with E-state index in [0.29, 0.717) is 44.7 Å². The van der Waals surface area contributed by atoms with Gasteiger partial charge in [-0.3, -0.25) is 4.79 Å². The van der Waals surface area contributed by atoms with Gasteiger partial charge in [0.25, 0.3) is 0 Å². The van der Waals surface area contributed by atoms with Crippen molar-refractivity contribution in [1.82, 2.24) is 10.3 Å². The molecule has 0 unspecified atom stereocenters. The van der Waals surface area contributed by atoms with Crippen LogP contribution in [0.15, 0.2) is 40.8 Å². The third-order valence-corrected chi connectivity index (χ3v) is 4.42. The summed E-state index contributed by atoms with van der Waals surface area (Å²) in [6, 6.07) is 10.6. The fourth-order valence-electron chi connectivity index (χ4n) is 2.17. The molecule has 25 heavy (non-hydrogen) atoms. The monoisotopic (exact) mass is 393 g/mol. The molecule has 2 N–H and O–H groups in total. The molecule has 0 atom stereocenters. The van der Waals surface area contributed by atoms with E-state index < -0.39 is 0 Å². The number of carbonyl (C=O) groups excluding carboxylic acids is 1. The maximum absolute atomic E-state index is 11.4. The van der Waals surface area contributed by atoms with Crippen LogP contribution in [0.5, 0.6) is 0 Å². The first-order valence-electron chi connectivity index (χ1n) is 7.43. The molecular formula is C17H13Cl2N3O2S. The highest BCUT2D eigenvalue weighted by molar-refractivity contribution is 7.80. The number of rotatable bonds is 3. The van der Waals surface area contributed by atoms with E-state index in [4.69, 9.17) is 39.8 Å². The van der Waals surface area contributed by atoms with Crippen molar-refractivity contribution in [3.8, 4) is 11.5 Å². The van der Waals surface area contributed by atoms with Crippen LogP contribution in [0, 0.1) is 0 Å². The van der Waals surface area contributed by atoms with Crippen molar-refractivity contribution in [3.63, 3.8) is 0 Å². The summed E-state index contributed by atoms with van der Waals surface area (Å²) in [4.78, 5) is 15.8. The van der Waals surface area contributed by atoms with E-state index in [2.05, 4.69) is 15.6 Å². The number of aromatic nitrogens is 1. The van der Waals surface area contributed by atoms with E-state index in [1.54, 1.807) is 43.3 Å². The summed E-state index contributed by atoms with van der Waals surface area (Å²) in [5.41, 5.74) is 2.53. The molecule has 0 bridgehead atoms. The molecule has 0 radical (unpaired) electrons. The lowest BCUT2D eigenvalue weighted by Crippen LogP contribution is -2.33. The van der Waals surface area contributed by atoms with Gasteiger partial charge in [-0.2, -0.15) is 0 Å². The van der Waals surface area contributed by atoms with E-state index in [-0.39, 0.29) is 11.0 Å². The molecule has 1 amide bonds. The highest BCUT2D eigenvalue weighted by Gasteiger charge is 2.14. The molecule has 0 spiro atoms. The molecule has 0 saturated carbocycles. The van der Waals surface area contributed by atoms with E-state index in [1.807, 2.05) is 0 Å². The smallest absolute Gasteiger partial charge is 0.228 e. The molecule has 0 fully saturated rings. The van der Waals surface area contributed by atoms with Crippen LogP contribution in [0.25, 0.3) is 22.6 Å². The minimum absolute atomic E-state index is 0.155. The van der Waals surface area contributed by atoms with Gasteiger partial charge < -0.3 is 15.1 Å². The standard InChI is InChI=1S/C17H13Cl2N3O2S/c1-2-14(23)22-17(25)20-9-6-7-13-12(8-9)21-16(24-13)10-4-3-5-11(18)15(10)19/h3-8H,2H2,1H3,(H2,20,22,23,25). The van der Waals surface area contributed by atoms with Gasteiger partial charge in [0, 0.05) is 12.1 Å². The number of amides is 1. The van der Waals surface area contributed by atoms with E-state index in [1.165, 1.54) is 0 Å². The number of nitrogens with one attached hydrogen (secondary N) is 2. The average molecular weight is 394 g/mol. The molecule has 0 aliphatic heterocycles. The number of hydrogen-bond donors (Lipinski definition) is 2. The van der Waals surface area contributed by atoms with Crippen LogP contribution in [0.1, 0.15) is 13.3 Å². The van der Waals surface area contributed by atoms with Crippen molar-refractivity contribution in [3.05, 3.63) is 46.4 Å². The Kier molecular flexibility index (Phi) is 5.22. The van der Waals surface area contributed by atoms with Crippen molar-refractivity contribution < 1.29 is 9.21 Å². The first-order chi connectivity index (χ1) is 12.0. The number of carbonyl (C=O) groups is 1. The highest BCUT2D eigenvalue weighted by Crippen LogP contribution is 2.34. The summed E-state index contributed by atoms with van der Waals surface area (Å²) in [7, 11) is 0. The Morgan fingerprint density at radius 1 is 1.28 bits per heavy atom. The third kappa shape index (κ3) is 3.92. The SMILES string of the molecule is CCC(=O)NC(=S)Nc1ccc2oc(-c3cccc(Cl)c3Cl)nc2c1. The number of oxazole rings is 1. The predicted molar refractivity (Wildman–Crippen MR) is 104 cm³/mol. The predicted octanol–water partition coefficient (Wildman–Crippen LogP) is 5.02. The second kappa shape index (κ2) is 7.39. The third-order valence-electron chi connectivity index (χ3n) is 3.40. The number of nitrogens with zero attached hydrogens (tertiary/aromatic N) is 1. The number of thiocarbonyl (C=S) groups is 1. The van der Waals surface area contributed by atoms with Gasteiger partial charge in [0.1, 0.15) is 5.52 Å². The fraction of sp³-hybridized carbons (Fsp3) is 0.118. The molecule has 1 heterocycles. The van der Waals surface area contributed by atoms with Gasteiger partial charge in [-0.05, 0) is 42.5 Å². The van der Waals surface area contributed by atoms with Gasteiger partial charge in [-0.1, -0.05) is 36.2 Å². The maximum Gasteiger partial charge on any atom is 0.228 e. The van der Waals surface area contributed by atoms with Gasteiger partial charge in [0.05, 0.1) is 15.6 Å². The Hall–Kier alpha value is -2.15. The molecule has 8 heteroatoms. The Morgan fingerprint density at radius 2 is 2.08 bits per heavy atom. The fourth-order valence-corrected chi connectivity index (χ4v) is 2.78. The first-order valence-corrected chi connectivity index (χ1v) is 8.60. The highest BCUT2D eigenvalue weighted by atomic mass is 35.5. The van der Waals surface area contributed by atoms with Crippen molar-refractivity contribution in [1.29, 1.82) is 0 Å². The molecule has 1 aromatic heterocycles. The minimum atomic E-state index is -0.155. The van der Waals surface area contributed by atoms with Gasteiger partial charge in [0.15, 0.2) is 10.7 Å². The number of benzene rings is 2. The molecule has 5 nitrogen and oxygen atoms in total. The Balaban J connectivity index is 1.88. The summed E-state index contributed by atoms with van der Waals surface area (Å²) in [5.74, 6) is 0.222. The first kappa shape index (κ1) is 17.7. The summed E-state index contributed by atoms with van der Waals surface area (Å²) in [6.07, 6.45) is 0.355. The number of halogens is 2. The zero-order valence-corrected chi connectivity index (χ0v) is 15.4. The average Bonchev–Trinajstić information content (AvgIpc) is 3.00. The van der Waals surface area contributed by atoms with Gasteiger partial charge in [-0.15, -0.1) is 0 Å². The van der Waals surface area contributed by atoms with Gasteiger partial charge in [0.2, 0.25) is 11.8 Å². The summed E-state index contributed by atoms with van der Waals surface area (Å²) < 4.78 is 5.75. The summed E-state index contributed by atoms with van der Waals surface area (Å²) in [5, 5.41) is 6.56. The molecule has 0 aliphatic carbocycles. The molecule has 0 aliphatic rings. The summed E-state index contributed by atoms with van der Waals surface area (Å²) in [6.45, 7) is 1.75. The van der Waals surface area contributed by atoms with Crippen LogP contribution in [0.2, 0.25) is 10.0 Å². The molecular weight excluding hydrogens is 381 g/mol. The van der Waals surface area contributed by atoms with Crippen LogP contribution in [-0.4, -0.2) is 16.0 Å². The minimum Gasteiger partial charge on any atom is -0.436 e. The molecule has 2 aromatic carbocycles.